The Hall–Kier alpha value is -1.72. The molecule has 1 aliphatic rings. The molecule has 1 aromatic heterocycles. The second-order valence-electron chi connectivity index (χ2n) is 6.53. The number of likely N-dealkylation sites (tertiary alicyclic amines) is 1. The van der Waals surface area contributed by atoms with Crippen molar-refractivity contribution in [2.45, 2.75) is 39.2 Å². The number of nitrogens with zero attached hydrogens (tertiary/aromatic N) is 4. The van der Waals surface area contributed by atoms with Crippen LogP contribution in [0.15, 0.2) is 29.1 Å². The Bertz CT molecular complexity index is 766. The Morgan fingerprint density at radius 2 is 1.88 bits per heavy atom. The number of benzene rings is 1. The second kappa shape index (κ2) is 7.45. The monoisotopic (exact) mass is 346 g/mol. The van der Waals surface area contributed by atoms with E-state index in [1.165, 1.54) is 12.8 Å². The molecule has 1 aliphatic heterocycles. The summed E-state index contributed by atoms with van der Waals surface area (Å²) < 4.78 is 1.55. The van der Waals surface area contributed by atoms with Crippen LogP contribution in [-0.4, -0.2) is 39.3 Å². The summed E-state index contributed by atoms with van der Waals surface area (Å²) in [5.74, 6) is 0.560. The lowest BCUT2D eigenvalue weighted by Gasteiger charge is -2.16. The lowest BCUT2D eigenvalue weighted by atomic mass is 10.1. The predicted octanol–water partition coefficient (Wildman–Crippen LogP) is 3.18. The fourth-order valence-electron chi connectivity index (χ4n) is 3.00. The van der Waals surface area contributed by atoms with Crippen molar-refractivity contribution < 1.29 is 0 Å². The molecule has 0 aliphatic carbocycles. The molecule has 1 fully saturated rings. The quantitative estimate of drug-likeness (QED) is 0.834. The van der Waals surface area contributed by atoms with Gasteiger partial charge in [0.2, 0.25) is 0 Å². The van der Waals surface area contributed by atoms with Gasteiger partial charge in [0.1, 0.15) is 5.69 Å². The molecule has 3 rings (SSSR count). The molecule has 2 aromatic rings. The van der Waals surface area contributed by atoms with Crippen molar-refractivity contribution in [1.29, 1.82) is 0 Å². The van der Waals surface area contributed by atoms with Gasteiger partial charge in [-0.05, 0) is 38.1 Å². The van der Waals surface area contributed by atoms with E-state index in [4.69, 9.17) is 11.6 Å². The fraction of sp³-hybridized carbons (Fsp3) is 0.500. The molecule has 0 unspecified atom stereocenters. The Morgan fingerprint density at radius 1 is 1.17 bits per heavy atom. The van der Waals surface area contributed by atoms with Crippen LogP contribution in [0.1, 0.15) is 38.3 Å². The maximum Gasteiger partial charge on any atom is 0.288 e. The van der Waals surface area contributed by atoms with Gasteiger partial charge in [-0.15, -0.1) is 5.10 Å². The summed E-state index contributed by atoms with van der Waals surface area (Å²) in [7, 11) is 0. The van der Waals surface area contributed by atoms with Crippen molar-refractivity contribution in [2.24, 2.45) is 0 Å². The summed E-state index contributed by atoms with van der Waals surface area (Å²) in [4.78, 5) is 19.5. The van der Waals surface area contributed by atoms with E-state index in [1.54, 1.807) is 4.68 Å². The highest BCUT2D eigenvalue weighted by Crippen LogP contribution is 2.24. The van der Waals surface area contributed by atoms with E-state index in [2.05, 4.69) is 15.0 Å². The Labute approximate surface area is 147 Å². The van der Waals surface area contributed by atoms with Gasteiger partial charge < -0.3 is 4.90 Å². The third kappa shape index (κ3) is 3.68. The first-order valence-electron chi connectivity index (χ1n) is 8.52. The van der Waals surface area contributed by atoms with E-state index in [-0.39, 0.29) is 11.5 Å². The first-order valence-corrected chi connectivity index (χ1v) is 8.90. The van der Waals surface area contributed by atoms with Crippen molar-refractivity contribution in [3.8, 4) is 11.4 Å². The van der Waals surface area contributed by atoms with Crippen molar-refractivity contribution >= 4 is 11.6 Å². The van der Waals surface area contributed by atoms with E-state index in [1.807, 2.05) is 38.1 Å². The molecular formula is C18H23ClN4O. The molecule has 0 atom stereocenters. The number of aromatic nitrogens is 3. The Kier molecular flexibility index (Phi) is 5.31. The minimum absolute atomic E-state index is 0.0415. The minimum atomic E-state index is -0.0972. The maximum atomic E-state index is 12.7. The van der Waals surface area contributed by atoms with Gasteiger partial charge >= 0.3 is 0 Å². The normalized spacial score (nSPS) is 15.3. The van der Waals surface area contributed by atoms with Crippen LogP contribution < -0.4 is 5.56 Å². The zero-order valence-electron chi connectivity index (χ0n) is 14.2. The van der Waals surface area contributed by atoms with Gasteiger partial charge in [0.05, 0.1) is 11.6 Å². The van der Waals surface area contributed by atoms with Crippen LogP contribution in [-0.2, 0) is 6.54 Å². The van der Waals surface area contributed by atoms with Crippen LogP contribution in [0.5, 0.6) is 0 Å². The van der Waals surface area contributed by atoms with Crippen LogP contribution in [0.4, 0.5) is 0 Å². The summed E-state index contributed by atoms with van der Waals surface area (Å²) in [6.45, 7) is 7.59. The molecule has 5 nitrogen and oxygen atoms in total. The fourth-order valence-corrected chi connectivity index (χ4v) is 3.22. The highest BCUT2D eigenvalue weighted by molar-refractivity contribution is 6.33. The highest BCUT2D eigenvalue weighted by Gasteiger charge is 2.17. The summed E-state index contributed by atoms with van der Waals surface area (Å²) >= 11 is 6.29. The van der Waals surface area contributed by atoms with E-state index >= 15 is 0 Å². The number of hydrogen-bond donors (Lipinski definition) is 0. The van der Waals surface area contributed by atoms with Crippen LogP contribution >= 0.6 is 11.6 Å². The predicted molar refractivity (Wildman–Crippen MR) is 96.5 cm³/mol. The third-order valence-electron chi connectivity index (χ3n) is 4.38. The molecular weight excluding hydrogens is 324 g/mol. The SMILES string of the molecule is CC(C)c1nc(-c2ccccc2Cl)nn(CCN2CCCC2)c1=O. The molecule has 1 saturated heterocycles. The van der Waals surface area contributed by atoms with Gasteiger partial charge in [0, 0.05) is 18.0 Å². The highest BCUT2D eigenvalue weighted by atomic mass is 35.5. The van der Waals surface area contributed by atoms with Crippen LogP contribution in [0.25, 0.3) is 11.4 Å². The van der Waals surface area contributed by atoms with Crippen LogP contribution in [0.2, 0.25) is 5.02 Å². The van der Waals surface area contributed by atoms with Gasteiger partial charge in [-0.1, -0.05) is 37.6 Å². The Balaban J connectivity index is 1.97. The van der Waals surface area contributed by atoms with E-state index < -0.39 is 0 Å². The molecule has 2 heterocycles. The number of hydrogen-bond acceptors (Lipinski definition) is 4. The van der Waals surface area contributed by atoms with Crippen LogP contribution in [0, 0.1) is 0 Å². The van der Waals surface area contributed by atoms with Crippen molar-refractivity contribution in [3.63, 3.8) is 0 Å². The molecule has 128 valence electrons. The van der Waals surface area contributed by atoms with E-state index in [0.717, 1.165) is 25.2 Å². The van der Waals surface area contributed by atoms with Gasteiger partial charge in [0.25, 0.3) is 5.56 Å². The number of halogens is 1. The van der Waals surface area contributed by atoms with Crippen molar-refractivity contribution in [2.75, 3.05) is 19.6 Å². The minimum Gasteiger partial charge on any atom is -0.301 e. The first kappa shape index (κ1) is 17.1. The lowest BCUT2D eigenvalue weighted by Crippen LogP contribution is -2.34. The molecule has 0 N–H and O–H groups in total. The summed E-state index contributed by atoms with van der Waals surface area (Å²) in [6, 6.07) is 7.48. The zero-order chi connectivity index (χ0) is 17.1. The standard InChI is InChI=1S/C18H23ClN4O/c1-13(2)16-18(24)23(12-11-22-9-5-6-10-22)21-17(20-16)14-7-3-4-8-15(14)19/h3-4,7-8,13H,5-6,9-12H2,1-2H3. The van der Waals surface area contributed by atoms with Gasteiger partial charge in [0.15, 0.2) is 5.82 Å². The average molecular weight is 347 g/mol. The third-order valence-corrected chi connectivity index (χ3v) is 4.71. The summed E-state index contributed by atoms with van der Waals surface area (Å²) in [5.41, 5.74) is 1.21. The molecule has 0 radical (unpaired) electrons. The first-order chi connectivity index (χ1) is 11.6. The lowest BCUT2D eigenvalue weighted by molar-refractivity contribution is 0.311. The molecule has 0 bridgehead atoms. The van der Waals surface area contributed by atoms with Gasteiger partial charge in [-0.2, -0.15) is 0 Å². The topological polar surface area (TPSA) is 51.0 Å². The van der Waals surface area contributed by atoms with E-state index in [0.29, 0.717) is 23.1 Å². The smallest absolute Gasteiger partial charge is 0.288 e. The molecule has 24 heavy (non-hydrogen) atoms. The van der Waals surface area contributed by atoms with Crippen molar-refractivity contribution in [3.05, 3.63) is 45.3 Å². The molecule has 0 saturated carbocycles. The molecule has 0 amide bonds. The zero-order valence-corrected chi connectivity index (χ0v) is 15.0. The molecule has 1 aromatic carbocycles. The van der Waals surface area contributed by atoms with Gasteiger partial charge in [-0.3, -0.25) is 4.79 Å². The van der Waals surface area contributed by atoms with Gasteiger partial charge in [-0.25, -0.2) is 9.67 Å². The summed E-state index contributed by atoms with van der Waals surface area (Å²) in [6.07, 6.45) is 2.47. The number of rotatable bonds is 5. The largest absolute Gasteiger partial charge is 0.301 e. The van der Waals surface area contributed by atoms with Crippen molar-refractivity contribution in [1.82, 2.24) is 19.7 Å². The van der Waals surface area contributed by atoms with Crippen LogP contribution in [0.3, 0.4) is 0 Å². The average Bonchev–Trinajstić information content (AvgIpc) is 3.07. The van der Waals surface area contributed by atoms with E-state index in [9.17, 15) is 4.79 Å². The summed E-state index contributed by atoms with van der Waals surface area (Å²) in [5, 5.41) is 5.08. The second-order valence-corrected chi connectivity index (χ2v) is 6.94. The maximum absolute atomic E-state index is 12.7. The molecule has 0 spiro atoms. The Morgan fingerprint density at radius 3 is 2.54 bits per heavy atom. The molecule has 6 heteroatoms.